The van der Waals surface area contributed by atoms with Gasteiger partial charge in [-0.05, 0) is 55.9 Å². The van der Waals surface area contributed by atoms with Gasteiger partial charge in [-0.1, -0.05) is 18.9 Å². The molecule has 0 bridgehead atoms. The van der Waals surface area contributed by atoms with Crippen LogP contribution in [-0.4, -0.2) is 20.6 Å². The predicted octanol–water partition coefficient (Wildman–Crippen LogP) is 4.68. The maximum atomic E-state index is 5.53. The molecule has 0 saturated heterocycles. The van der Waals surface area contributed by atoms with E-state index >= 15 is 0 Å². The van der Waals surface area contributed by atoms with Gasteiger partial charge in [0.1, 0.15) is 0 Å². The van der Waals surface area contributed by atoms with E-state index < -0.39 is 0 Å². The zero-order valence-electron chi connectivity index (χ0n) is 11.5. The van der Waals surface area contributed by atoms with Crippen molar-refractivity contribution >= 4 is 35.0 Å². The summed E-state index contributed by atoms with van der Waals surface area (Å²) in [5.74, 6) is 0. The van der Waals surface area contributed by atoms with Crippen LogP contribution < -0.4 is 0 Å². The van der Waals surface area contributed by atoms with E-state index in [1.54, 1.807) is 0 Å². The van der Waals surface area contributed by atoms with E-state index in [1.807, 2.05) is 11.8 Å². The minimum absolute atomic E-state index is 0.386. The van der Waals surface area contributed by atoms with Crippen molar-refractivity contribution in [2.45, 2.75) is 43.9 Å². The molecule has 4 heteroatoms. The molecule has 1 aliphatic rings. The molecule has 1 N–H and O–H groups in total. The molecule has 1 fully saturated rings. The monoisotopic (exact) mass is 292 g/mol. The number of aryl methyl sites for hydroxylation is 1. The molecule has 0 aliphatic heterocycles. The van der Waals surface area contributed by atoms with Gasteiger partial charge in [-0.25, -0.2) is 0 Å². The summed E-state index contributed by atoms with van der Waals surface area (Å²) in [5.41, 5.74) is 3.70. The van der Waals surface area contributed by atoms with Crippen molar-refractivity contribution in [2.24, 2.45) is 0 Å². The van der Waals surface area contributed by atoms with E-state index in [-0.39, 0.29) is 0 Å². The third kappa shape index (κ3) is 2.36. The minimum Gasteiger partial charge on any atom is -0.331 e. The van der Waals surface area contributed by atoms with Gasteiger partial charge < -0.3 is 9.55 Å². The van der Waals surface area contributed by atoms with E-state index in [9.17, 15) is 0 Å². The number of rotatable bonds is 3. The Labute approximate surface area is 123 Å². The lowest BCUT2D eigenvalue weighted by atomic mass is 10.1. The summed E-state index contributed by atoms with van der Waals surface area (Å²) in [4.78, 5) is 3.34. The first kappa shape index (κ1) is 13.3. The zero-order valence-corrected chi connectivity index (χ0v) is 13.2. The van der Waals surface area contributed by atoms with Crippen molar-refractivity contribution in [2.75, 3.05) is 6.26 Å². The summed E-state index contributed by atoms with van der Waals surface area (Å²) >= 11 is 7.55. The van der Waals surface area contributed by atoms with E-state index in [0.29, 0.717) is 4.75 Å². The molecule has 1 heterocycles. The number of aromatic nitrogens is 2. The van der Waals surface area contributed by atoms with Crippen LogP contribution in [-0.2, 0) is 6.54 Å². The van der Waals surface area contributed by atoms with Crippen LogP contribution in [0.5, 0.6) is 0 Å². The lowest BCUT2D eigenvalue weighted by Crippen LogP contribution is -2.26. The smallest absolute Gasteiger partial charge is 0.178 e. The SMILES string of the molecule is CSC1(Cn2c(=S)[nH]c3ccc(C)cc32)CCCC1. The van der Waals surface area contributed by atoms with Crippen molar-refractivity contribution in [3.63, 3.8) is 0 Å². The number of benzene rings is 1. The molecule has 1 aromatic carbocycles. The molecular weight excluding hydrogens is 272 g/mol. The molecule has 102 valence electrons. The molecular formula is C15H20N2S2. The van der Waals surface area contributed by atoms with Crippen LogP contribution in [0.4, 0.5) is 0 Å². The Hall–Kier alpha value is -0.740. The average Bonchev–Trinajstić information content (AvgIpc) is 2.98. The Morgan fingerprint density at radius 3 is 2.79 bits per heavy atom. The molecule has 1 aromatic heterocycles. The molecule has 0 atom stereocenters. The standard InChI is InChI=1S/C15H20N2S2/c1-11-5-6-12-13(9-11)17(14(18)16-12)10-15(19-2)7-3-4-8-15/h5-6,9H,3-4,7-8,10H2,1-2H3,(H,16,18). The highest BCUT2D eigenvalue weighted by Gasteiger charge is 2.33. The third-order valence-corrected chi connectivity index (χ3v) is 6.05. The van der Waals surface area contributed by atoms with E-state index in [2.05, 4.69) is 40.9 Å². The van der Waals surface area contributed by atoms with Crippen molar-refractivity contribution in [3.05, 3.63) is 28.5 Å². The first-order chi connectivity index (χ1) is 9.13. The van der Waals surface area contributed by atoms with Gasteiger partial charge in [-0.3, -0.25) is 0 Å². The van der Waals surface area contributed by atoms with Crippen LogP contribution in [0.15, 0.2) is 18.2 Å². The summed E-state index contributed by atoms with van der Waals surface area (Å²) in [6.45, 7) is 3.18. The van der Waals surface area contributed by atoms with Crippen LogP contribution in [0.1, 0.15) is 31.2 Å². The van der Waals surface area contributed by atoms with Crippen LogP contribution in [0.3, 0.4) is 0 Å². The molecule has 1 saturated carbocycles. The second-order valence-electron chi connectivity index (χ2n) is 5.63. The molecule has 19 heavy (non-hydrogen) atoms. The number of hydrogen-bond donors (Lipinski definition) is 1. The Morgan fingerprint density at radius 1 is 1.37 bits per heavy atom. The van der Waals surface area contributed by atoms with E-state index in [1.165, 1.54) is 36.8 Å². The Kier molecular flexibility index (Phi) is 3.48. The molecule has 3 rings (SSSR count). The predicted molar refractivity (Wildman–Crippen MR) is 86.6 cm³/mol. The summed E-state index contributed by atoms with van der Waals surface area (Å²) in [5, 5.41) is 0. The van der Waals surface area contributed by atoms with Gasteiger partial charge in [0.05, 0.1) is 11.0 Å². The third-order valence-electron chi connectivity index (χ3n) is 4.32. The summed E-state index contributed by atoms with van der Waals surface area (Å²) in [6, 6.07) is 6.51. The second kappa shape index (κ2) is 4.98. The lowest BCUT2D eigenvalue weighted by molar-refractivity contribution is 0.510. The Bertz CT molecular complexity index is 648. The highest BCUT2D eigenvalue weighted by Crippen LogP contribution is 2.42. The number of thioether (sulfide) groups is 1. The zero-order chi connectivity index (χ0) is 13.5. The van der Waals surface area contributed by atoms with Crippen LogP contribution in [0, 0.1) is 11.7 Å². The van der Waals surface area contributed by atoms with Gasteiger partial charge in [-0.2, -0.15) is 11.8 Å². The highest BCUT2D eigenvalue weighted by molar-refractivity contribution is 8.00. The minimum atomic E-state index is 0.386. The van der Waals surface area contributed by atoms with Gasteiger partial charge in [-0.15, -0.1) is 0 Å². The lowest BCUT2D eigenvalue weighted by Gasteiger charge is -2.27. The van der Waals surface area contributed by atoms with Crippen molar-refractivity contribution in [1.82, 2.24) is 9.55 Å². The quantitative estimate of drug-likeness (QED) is 0.829. The van der Waals surface area contributed by atoms with E-state index in [4.69, 9.17) is 12.2 Å². The molecule has 0 unspecified atom stereocenters. The number of H-pyrrole nitrogens is 1. The first-order valence-corrected chi connectivity index (χ1v) is 8.51. The van der Waals surface area contributed by atoms with Crippen molar-refractivity contribution < 1.29 is 0 Å². The van der Waals surface area contributed by atoms with Gasteiger partial charge in [0.25, 0.3) is 0 Å². The molecule has 0 radical (unpaired) electrons. The fraction of sp³-hybridized carbons (Fsp3) is 0.533. The molecule has 2 aromatic rings. The average molecular weight is 292 g/mol. The van der Waals surface area contributed by atoms with Crippen LogP contribution in [0.25, 0.3) is 11.0 Å². The maximum Gasteiger partial charge on any atom is 0.178 e. The second-order valence-corrected chi connectivity index (χ2v) is 7.29. The molecule has 0 amide bonds. The van der Waals surface area contributed by atoms with Gasteiger partial charge in [0, 0.05) is 11.3 Å². The maximum absolute atomic E-state index is 5.53. The summed E-state index contributed by atoms with van der Waals surface area (Å²) < 4.78 is 3.55. The van der Waals surface area contributed by atoms with Crippen molar-refractivity contribution in [1.29, 1.82) is 0 Å². The highest BCUT2D eigenvalue weighted by atomic mass is 32.2. The number of aromatic amines is 1. The van der Waals surface area contributed by atoms with Gasteiger partial charge >= 0.3 is 0 Å². The molecule has 1 aliphatic carbocycles. The number of imidazole rings is 1. The molecule has 2 nitrogen and oxygen atoms in total. The number of nitrogens with zero attached hydrogens (tertiary/aromatic N) is 1. The topological polar surface area (TPSA) is 20.7 Å². The first-order valence-electron chi connectivity index (χ1n) is 6.88. The largest absolute Gasteiger partial charge is 0.331 e. The van der Waals surface area contributed by atoms with Crippen LogP contribution >= 0.6 is 24.0 Å². The Morgan fingerprint density at radius 2 is 2.11 bits per heavy atom. The fourth-order valence-electron chi connectivity index (χ4n) is 3.15. The van der Waals surface area contributed by atoms with Gasteiger partial charge in [0.15, 0.2) is 4.77 Å². The number of fused-ring (bicyclic) bond motifs is 1. The van der Waals surface area contributed by atoms with Crippen LogP contribution in [0.2, 0.25) is 0 Å². The van der Waals surface area contributed by atoms with Gasteiger partial charge in [0.2, 0.25) is 0 Å². The number of nitrogens with one attached hydrogen (secondary N) is 1. The Balaban J connectivity index is 2.07. The fourth-order valence-corrected chi connectivity index (χ4v) is 4.38. The van der Waals surface area contributed by atoms with Crippen molar-refractivity contribution in [3.8, 4) is 0 Å². The summed E-state index contributed by atoms with van der Waals surface area (Å²) in [7, 11) is 0. The normalized spacial score (nSPS) is 18.2. The number of hydrogen-bond acceptors (Lipinski definition) is 2. The molecule has 0 spiro atoms. The summed E-state index contributed by atoms with van der Waals surface area (Å²) in [6.07, 6.45) is 7.59. The van der Waals surface area contributed by atoms with E-state index in [0.717, 1.165) is 16.8 Å².